The topological polar surface area (TPSA) is 62.7 Å². The number of carboxylic acids is 1. The molecule has 0 radical (unpaired) electrons. The first-order valence-corrected chi connectivity index (χ1v) is 12.1. The van der Waals surface area contributed by atoms with Gasteiger partial charge in [0.25, 0.3) is 0 Å². The molecule has 0 spiro atoms. The molecule has 5 nitrogen and oxygen atoms in total. The average Bonchev–Trinajstić information content (AvgIpc) is 2.86. The van der Waals surface area contributed by atoms with Crippen LogP contribution in [0.25, 0.3) is 32.8 Å². The molecule has 1 N–H and O–H groups in total. The number of ether oxygens (including phenoxy) is 1. The zero-order chi connectivity index (χ0) is 24.4. The van der Waals surface area contributed by atoms with Crippen molar-refractivity contribution >= 4 is 27.6 Å². The van der Waals surface area contributed by atoms with E-state index in [1.165, 1.54) is 0 Å². The lowest BCUT2D eigenvalue weighted by atomic mass is 9.91. The molecule has 1 unspecified atom stereocenters. The molecule has 0 aliphatic carbocycles. The number of hydrogen-bond donors (Lipinski definition) is 1. The maximum Gasteiger partial charge on any atom is 0.303 e. The van der Waals surface area contributed by atoms with E-state index in [1.54, 1.807) is 7.11 Å². The Morgan fingerprint density at radius 1 is 1.09 bits per heavy atom. The van der Waals surface area contributed by atoms with Crippen LogP contribution in [-0.4, -0.2) is 47.3 Å². The number of carbonyl (C=O) groups is 1. The van der Waals surface area contributed by atoms with Gasteiger partial charge in [-0.15, -0.1) is 0 Å². The zero-order valence-corrected chi connectivity index (χ0v) is 19.8. The molecule has 1 fully saturated rings. The van der Waals surface area contributed by atoms with Crippen LogP contribution in [0.4, 0.5) is 4.39 Å². The smallest absolute Gasteiger partial charge is 0.303 e. The lowest BCUT2D eigenvalue weighted by Gasteiger charge is -2.29. The highest BCUT2D eigenvalue weighted by Crippen LogP contribution is 2.41. The van der Waals surface area contributed by atoms with Crippen LogP contribution in [0, 0.1) is 0 Å². The van der Waals surface area contributed by atoms with Gasteiger partial charge in [-0.2, -0.15) is 0 Å². The summed E-state index contributed by atoms with van der Waals surface area (Å²) in [5.74, 6) is -0.0780. The molecule has 1 aliphatic heterocycles. The van der Waals surface area contributed by atoms with Gasteiger partial charge in [-0.05, 0) is 71.5 Å². The zero-order valence-electron chi connectivity index (χ0n) is 19.8. The summed E-state index contributed by atoms with van der Waals surface area (Å²) in [6.45, 7) is 2.05. The Balaban J connectivity index is 1.65. The molecular weight excluding hydrogens is 443 g/mol. The van der Waals surface area contributed by atoms with E-state index in [0.717, 1.165) is 62.6 Å². The number of aryl methyl sites for hydroxylation is 1. The number of likely N-dealkylation sites (tertiary alicyclic amines) is 1. The number of carboxylic acid groups (broad SMARTS) is 1. The molecule has 1 aromatic heterocycles. The van der Waals surface area contributed by atoms with Crippen molar-refractivity contribution in [1.29, 1.82) is 0 Å². The summed E-state index contributed by atoms with van der Waals surface area (Å²) in [6.07, 6.45) is 3.13. The van der Waals surface area contributed by atoms with Crippen molar-refractivity contribution in [2.45, 2.75) is 38.4 Å². The van der Waals surface area contributed by atoms with Crippen molar-refractivity contribution < 1.29 is 19.0 Å². The number of benzene rings is 3. The van der Waals surface area contributed by atoms with Crippen molar-refractivity contribution in [3.05, 3.63) is 71.9 Å². The third kappa shape index (κ3) is 4.71. The van der Waals surface area contributed by atoms with Crippen molar-refractivity contribution in [1.82, 2.24) is 9.88 Å². The number of aromatic nitrogens is 1. The average molecular weight is 473 g/mol. The molecule has 0 bridgehead atoms. The molecule has 1 saturated heterocycles. The molecule has 0 amide bonds. The van der Waals surface area contributed by atoms with E-state index < -0.39 is 12.1 Å². The third-order valence-corrected chi connectivity index (χ3v) is 6.92. The first kappa shape index (κ1) is 23.2. The van der Waals surface area contributed by atoms with Gasteiger partial charge in [-0.3, -0.25) is 14.7 Å². The normalized spacial score (nSPS) is 16.6. The summed E-state index contributed by atoms with van der Waals surface area (Å²) < 4.78 is 19.8. The van der Waals surface area contributed by atoms with Gasteiger partial charge < -0.3 is 9.84 Å². The monoisotopic (exact) mass is 472 g/mol. The van der Waals surface area contributed by atoms with Gasteiger partial charge in [0.15, 0.2) is 0 Å². The van der Waals surface area contributed by atoms with Gasteiger partial charge in [-0.25, -0.2) is 4.39 Å². The van der Waals surface area contributed by atoms with Crippen LogP contribution < -0.4 is 4.74 Å². The standard InChI is InChI=1S/C29H29FN2O3/c1-35-26-12-11-23-20(17-32-16-4-6-21(30)18-32)14-15-31-29(23)28(26)25-9-3-7-22-19(10-13-27(33)34)5-2-8-24(22)25/h2-3,5,7-9,11-12,14-15,21H,4,6,10,13,16-18H2,1H3,(H,33,34). The molecule has 1 aliphatic rings. The number of halogens is 1. The molecule has 3 aromatic carbocycles. The Bertz CT molecular complexity index is 1390. The Kier molecular flexibility index (Phi) is 6.64. The summed E-state index contributed by atoms with van der Waals surface area (Å²) in [7, 11) is 1.66. The Morgan fingerprint density at radius 3 is 2.71 bits per heavy atom. The minimum atomic E-state index is -0.807. The summed E-state index contributed by atoms with van der Waals surface area (Å²) in [5.41, 5.74) is 4.88. The van der Waals surface area contributed by atoms with E-state index >= 15 is 0 Å². The maximum atomic E-state index is 14.0. The second-order valence-electron chi connectivity index (χ2n) is 9.20. The van der Waals surface area contributed by atoms with Crippen LogP contribution in [0.15, 0.2) is 60.8 Å². The van der Waals surface area contributed by atoms with E-state index in [0.29, 0.717) is 25.9 Å². The lowest BCUT2D eigenvalue weighted by Crippen LogP contribution is -2.35. The highest BCUT2D eigenvalue weighted by molar-refractivity contribution is 6.07. The number of nitrogens with zero attached hydrogens (tertiary/aromatic N) is 2. The van der Waals surface area contributed by atoms with Crippen molar-refractivity contribution in [2.75, 3.05) is 20.2 Å². The van der Waals surface area contributed by atoms with Crippen LogP contribution in [0.3, 0.4) is 0 Å². The van der Waals surface area contributed by atoms with E-state index in [2.05, 4.69) is 17.0 Å². The lowest BCUT2D eigenvalue weighted by molar-refractivity contribution is -0.136. The van der Waals surface area contributed by atoms with Crippen LogP contribution in [0.2, 0.25) is 0 Å². The molecule has 1 atom stereocenters. The highest BCUT2D eigenvalue weighted by Gasteiger charge is 2.21. The number of piperidine rings is 1. The maximum absolute atomic E-state index is 14.0. The minimum absolute atomic E-state index is 0.0854. The number of rotatable bonds is 7. The van der Waals surface area contributed by atoms with Crippen LogP contribution in [0.5, 0.6) is 5.75 Å². The predicted molar refractivity (Wildman–Crippen MR) is 137 cm³/mol. The van der Waals surface area contributed by atoms with Gasteiger partial charge in [0.1, 0.15) is 11.9 Å². The van der Waals surface area contributed by atoms with Gasteiger partial charge in [-0.1, -0.05) is 36.4 Å². The van der Waals surface area contributed by atoms with Crippen molar-refractivity contribution in [3.8, 4) is 16.9 Å². The molecule has 6 heteroatoms. The largest absolute Gasteiger partial charge is 0.496 e. The predicted octanol–water partition coefficient (Wildman–Crippen LogP) is 6.01. The fourth-order valence-electron chi connectivity index (χ4n) is 5.26. The van der Waals surface area contributed by atoms with Gasteiger partial charge in [0.05, 0.1) is 18.2 Å². The van der Waals surface area contributed by atoms with Crippen LogP contribution in [0.1, 0.15) is 30.4 Å². The van der Waals surface area contributed by atoms with Crippen LogP contribution >= 0.6 is 0 Å². The van der Waals surface area contributed by atoms with Gasteiger partial charge >= 0.3 is 5.97 Å². The summed E-state index contributed by atoms with van der Waals surface area (Å²) in [5, 5.41) is 12.3. The van der Waals surface area contributed by atoms with Crippen LogP contribution in [-0.2, 0) is 17.8 Å². The summed E-state index contributed by atoms with van der Waals surface area (Å²) in [4.78, 5) is 18.1. The highest BCUT2D eigenvalue weighted by atomic mass is 19.1. The van der Waals surface area contributed by atoms with E-state index in [-0.39, 0.29) is 6.42 Å². The summed E-state index contributed by atoms with van der Waals surface area (Å²) >= 11 is 0. The molecule has 2 heterocycles. The number of pyridine rings is 1. The molecule has 5 rings (SSSR count). The Hall–Kier alpha value is -3.51. The summed E-state index contributed by atoms with van der Waals surface area (Å²) in [6, 6.07) is 18.2. The fraction of sp³-hybridized carbons (Fsp3) is 0.310. The second-order valence-corrected chi connectivity index (χ2v) is 9.20. The second kappa shape index (κ2) is 10.0. The SMILES string of the molecule is COc1ccc2c(CN3CCCC(F)C3)ccnc2c1-c1cccc2c(CCC(=O)O)cccc12. The number of methoxy groups -OCH3 is 1. The Morgan fingerprint density at radius 2 is 1.91 bits per heavy atom. The number of hydrogen-bond acceptors (Lipinski definition) is 4. The quantitative estimate of drug-likeness (QED) is 0.357. The van der Waals surface area contributed by atoms with Gasteiger partial charge in [0.2, 0.25) is 0 Å². The minimum Gasteiger partial charge on any atom is -0.496 e. The number of fused-ring (bicyclic) bond motifs is 2. The first-order chi connectivity index (χ1) is 17.0. The van der Waals surface area contributed by atoms with Gasteiger partial charge in [0, 0.05) is 31.1 Å². The molecule has 35 heavy (non-hydrogen) atoms. The third-order valence-electron chi connectivity index (χ3n) is 6.92. The molecule has 180 valence electrons. The first-order valence-electron chi connectivity index (χ1n) is 12.1. The molecular formula is C29H29FN2O3. The van der Waals surface area contributed by atoms with Crippen molar-refractivity contribution in [2.24, 2.45) is 0 Å². The van der Waals surface area contributed by atoms with E-state index in [4.69, 9.17) is 9.72 Å². The molecule has 0 saturated carbocycles. The molecule has 4 aromatic rings. The number of alkyl halides is 1. The number of aliphatic carboxylic acids is 1. The Labute approximate surface area is 204 Å². The van der Waals surface area contributed by atoms with E-state index in [1.807, 2.05) is 48.7 Å². The van der Waals surface area contributed by atoms with E-state index in [9.17, 15) is 14.3 Å². The fourth-order valence-corrected chi connectivity index (χ4v) is 5.26. The van der Waals surface area contributed by atoms with Crippen molar-refractivity contribution in [3.63, 3.8) is 0 Å².